The number of hydrogen-bond acceptors (Lipinski definition) is 6. The molecule has 1 saturated carbocycles. The molecule has 1 N–H and O–H groups in total. The number of ether oxygens (including phenoxy) is 2. The molecule has 0 radical (unpaired) electrons. The van der Waals surface area contributed by atoms with Crippen molar-refractivity contribution in [2.24, 2.45) is 0 Å². The van der Waals surface area contributed by atoms with Gasteiger partial charge in [-0.2, -0.15) is 0 Å². The first-order valence-corrected chi connectivity index (χ1v) is 12.6. The number of aryl methyl sites for hydroxylation is 1. The Kier molecular flexibility index (Phi) is 4.81. The van der Waals surface area contributed by atoms with Gasteiger partial charge in [-0.05, 0) is 62.8 Å². The molecule has 4 aromatic rings. The number of fused-ring (bicyclic) bond motifs is 6. The molecular formula is C28H28N4O3. The Labute approximate surface area is 203 Å². The summed E-state index contributed by atoms with van der Waals surface area (Å²) in [7, 11) is 0. The van der Waals surface area contributed by atoms with Gasteiger partial charge in [-0.3, -0.25) is 4.57 Å². The second-order valence-corrected chi connectivity index (χ2v) is 10.0. The van der Waals surface area contributed by atoms with Crippen LogP contribution in [-0.4, -0.2) is 43.4 Å². The zero-order valence-electron chi connectivity index (χ0n) is 19.6. The summed E-state index contributed by atoms with van der Waals surface area (Å²) in [5, 5.41) is 9.78. The molecular weight excluding hydrogens is 440 g/mol. The fourth-order valence-corrected chi connectivity index (χ4v) is 6.04. The molecule has 7 rings (SSSR count). The van der Waals surface area contributed by atoms with Gasteiger partial charge < -0.3 is 14.6 Å². The smallest absolute Gasteiger partial charge is 0.214 e. The number of aliphatic hydroxyl groups excluding tert-OH is 1. The fourth-order valence-electron chi connectivity index (χ4n) is 6.04. The van der Waals surface area contributed by atoms with Crippen molar-refractivity contribution in [3.8, 4) is 22.9 Å². The molecule has 3 aromatic heterocycles. The second kappa shape index (κ2) is 8.05. The number of pyridine rings is 2. The van der Waals surface area contributed by atoms with Crippen LogP contribution in [0.4, 0.5) is 0 Å². The van der Waals surface area contributed by atoms with Gasteiger partial charge in [-0.25, -0.2) is 15.0 Å². The van der Waals surface area contributed by atoms with Crippen molar-refractivity contribution in [2.45, 2.75) is 62.7 Å². The van der Waals surface area contributed by atoms with Crippen LogP contribution in [0, 0.1) is 0 Å². The normalized spacial score (nSPS) is 25.3. The van der Waals surface area contributed by atoms with Gasteiger partial charge in [0.15, 0.2) is 5.65 Å². The van der Waals surface area contributed by atoms with Crippen molar-refractivity contribution in [1.29, 1.82) is 0 Å². The van der Waals surface area contributed by atoms with E-state index in [0.29, 0.717) is 12.5 Å². The summed E-state index contributed by atoms with van der Waals surface area (Å²) in [4.78, 5) is 14.5. The van der Waals surface area contributed by atoms with Crippen LogP contribution in [0.2, 0.25) is 0 Å². The molecule has 7 heteroatoms. The minimum Gasteiger partial charge on any atom is -0.490 e. The van der Waals surface area contributed by atoms with Gasteiger partial charge >= 0.3 is 0 Å². The number of para-hydroxylation sites is 1. The van der Waals surface area contributed by atoms with E-state index in [4.69, 9.17) is 19.4 Å². The molecule has 0 saturated heterocycles. The molecule has 7 nitrogen and oxygen atoms in total. The predicted octanol–water partition coefficient (Wildman–Crippen LogP) is 4.65. The largest absolute Gasteiger partial charge is 0.490 e. The van der Waals surface area contributed by atoms with Crippen molar-refractivity contribution in [3.63, 3.8) is 0 Å². The van der Waals surface area contributed by atoms with Gasteiger partial charge in [-0.1, -0.05) is 18.2 Å². The Morgan fingerprint density at radius 1 is 1.03 bits per heavy atom. The Hall–Kier alpha value is -3.45. The van der Waals surface area contributed by atoms with Crippen LogP contribution in [0.25, 0.3) is 22.4 Å². The van der Waals surface area contributed by atoms with E-state index < -0.39 is 0 Å². The summed E-state index contributed by atoms with van der Waals surface area (Å²) in [5.74, 6) is 2.65. The maximum atomic E-state index is 9.78. The lowest BCUT2D eigenvalue weighted by Crippen LogP contribution is -2.40. The maximum Gasteiger partial charge on any atom is 0.214 e. The highest BCUT2D eigenvalue weighted by Gasteiger charge is 2.46. The number of hydrogen-bond donors (Lipinski definition) is 1. The highest BCUT2D eigenvalue weighted by Crippen LogP contribution is 2.47. The predicted molar refractivity (Wildman–Crippen MR) is 132 cm³/mol. The lowest BCUT2D eigenvalue weighted by molar-refractivity contribution is 0.0644. The van der Waals surface area contributed by atoms with Crippen molar-refractivity contribution >= 4 is 11.2 Å². The average molecular weight is 469 g/mol. The Balaban J connectivity index is 1.28. The molecule has 178 valence electrons. The lowest BCUT2D eigenvalue weighted by Gasteiger charge is -2.35. The Morgan fingerprint density at radius 2 is 1.91 bits per heavy atom. The second-order valence-electron chi connectivity index (χ2n) is 10.0. The van der Waals surface area contributed by atoms with E-state index in [1.54, 1.807) is 6.20 Å². The quantitative estimate of drug-likeness (QED) is 0.471. The van der Waals surface area contributed by atoms with E-state index in [2.05, 4.69) is 33.8 Å². The molecule has 5 heterocycles. The number of aliphatic hydroxyl groups is 1. The highest BCUT2D eigenvalue weighted by molar-refractivity contribution is 5.77. The average Bonchev–Trinajstić information content (AvgIpc) is 3.45. The molecule has 1 unspecified atom stereocenters. The summed E-state index contributed by atoms with van der Waals surface area (Å²) in [6, 6.07) is 16.4. The van der Waals surface area contributed by atoms with E-state index in [9.17, 15) is 5.11 Å². The van der Waals surface area contributed by atoms with Crippen LogP contribution in [0.1, 0.15) is 49.9 Å². The van der Waals surface area contributed by atoms with Crippen molar-refractivity contribution in [3.05, 3.63) is 66.1 Å². The molecule has 1 fully saturated rings. The summed E-state index contributed by atoms with van der Waals surface area (Å²) in [5.41, 5.74) is 4.63. The third kappa shape index (κ3) is 3.40. The molecule has 1 aliphatic carbocycles. The third-order valence-corrected chi connectivity index (χ3v) is 7.81. The van der Waals surface area contributed by atoms with Gasteiger partial charge in [0.1, 0.15) is 35.3 Å². The first kappa shape index (κ1) is 20.9. The minimum absolute atomic E-state index is 0.0979. The van der Waals surface area contributed by atoms with E-state index >= 15 is 0 Å². The van der Waals surface area contributed by atoms with E-state index in [1.165, 1.54) is 5.56 Å². The molecule has 1 atom stereocenters. The van der Waals surface area contributed by atoms with Crippen LogP contribution < -0.4 is 9.47 Å². The molecule has 2 aliphatic heterocycles. The lowest BCUT2D eigenvalue weighted by atomic mass is 9.83. The number of nitrogens with zero attached hydrogens (tertiary/aromatic N) is 4. The highest BCUT2D eigenvalue weighted by atomic mass is 16.5. The van der Waals surface area contributed by atoms with Crippen molar-refractivity contribution in [2.75, 3.05) is 6.61 Å². The van der Waals surface area contributed by atoms with Gasteiger partial charge in [0.05, 0.1) is 11.8 Å². The SMILES string of the molecule is OC1CCC(Oc2cc(-c3ccc4nc5n(c4n3)C3(CCC5)COc4ccccc43)ccn2)CC1. The van der Waals surface area contributed by atoms with Gasteiger partial charge in [0, 0.05) is 29.8 Å². The maximum absolute atomic E-state index is 9.78. The molecule has 1 aromatic carbocycles. The summed E-state index contributed by atoms with van der Waals surface area (Å²) < 4.78 is 14.7. The third-order valence-electron chi connectivity index (χ3n) is 7.81. The number of imidazole rings is 1. The zero-order chi connectivity index (χ0) is 23.4. The standard InChI is InChI=1S/C28H28N4O3/c33-19-7-9-20(10-8-19)35-26-16-18(13-15-29-26)22-11-12-23-27(31-22)32-25(30-23)6-3-14-28(32)17-34-24-5-2-1-4-21(24)28/h1-2,4-5,11-13,15-16,19-20,33H,3,6-10,14,17H2. The molecule has 35 heavy (non-hydrogen) atoms. The summed E-state index contributed by atoms with van der Waals surface area (Å²) >= 11 is 0. The van der Waals surface area contributed by atoms with Crippen LogP contribution in [-0.2, 0) is 12.0 Å². The van der Waals surface area contributed by atoms with Crippen LogP contribution >= 0.6 is 0 Å². The van der Waals surface area contributed by atoms with Crippen molar-refractivity contribution < 1.29 is 14.6 Å². The molecule has 1 spiro atoms. The Morgan fingerprint density at radius 3 is 2.83 bits per heavy atom. The fraction of sp³-hybridized carbons (Fsp3) is 0.393. The Bertz CT molecular complexity index is 1410. The topological polar surface area (TPSA) is 82.3 Å². The monoisotopic (exact) mass is 468 g/mol. The van der Waals surface area contributed by atoms with E-state index in [0.717, 1.165) is 78.9 Å². The van der Waals surface area contributed by atoms with Gasteiger partial charge in [0.2, 0.25) is 5.88 Å². The molecule has 0 amide bonds. The van der Waals surface area contributed by atoms with E-state index in [1.807, 2.05) is 24.3 Å². The summed E-state index contributed by atoms with van der Waals surface area (Å²) in [6.45, 7) is 0.611. The van der Waals surface area contributed by atoms with Crippen LogP contribution in [0.5, 0.6) is 11.6 Å². The number of rotatable bonds is 3. The molecule has 0 bridgehead atoms. The summed E-state index contributed by atoms with van der Waals surface area (Å²) in [6.07, 6.45) is 7.98. The van der Waals surface area contributed by atoms with Gasteiger partial charge in [0.25, 0.3) is 0 Å². The number of benzene rings is 1. The van der Waals surface area contributed by atoms with E-state index in [-0.39, 0.29) is 17.7 Å². The zero-order valence-corrected chi connectivity index (χ0v) is 19.6. The van der Waals surface area contributed by atoms with Gasteiger partial charge in [-0.15, -0.1) is 0 Å². The first-order valence-electron chi connectivity index (χ1n) is 12.6. The van der Waals surface area contributed by atoms with Crippen LogP contribution in [0.15, 0.2) is 54.7 Å². The first-order chi connectivity index (χ1) is 17.2. The number of aromatic nitrogens is 4. The minimum atomic E-state index is -0.261. The van der Waals surface area contributed by atoms with Crippen molar-refractivity contribution in [1.82, 2.24) is 19.5 Å². The molecule has 3 aliphatic rings. The van der Waals surface area contributed by atoms with Crippen LogP contribution in [0.3, 0.4) is 0 Å².